The fraction of sp³-hybridized carbons (Fsp3) is 0.458. The minimum absolute atomic E-state index is 0.311. The zero-order valence-corrected chi connectivity index (χ0v) is 19.7. The number of halogens is 3. The van der Waals surface area contributed by atoms with Crippen molar-refractivity contribution in [2.45, 2.75) is 45.2 Å². The molecular weight excluding hydrogens is 463 g/mol. The Morgan fingerprint density at radius 2 is 1.76 bits per heavy atom. The summed E-state index contributed by atoms with van der Waals surface area (Å²) >= 11 is 1.79. The fourth-order valence-corrected chi connectivity index (χ4v) is 5.91. The molecular formula is C24H26F3N5OS. The Bertz CT molecular complexity index is 1200. The highest BCUT2D eigenvalue weighted by molar-refractivity contribution is 7.19. The number of anilines is 2. The number of thiophene rings is 1. The van der Waals surface area contributed by atoms with E-state index in [0.717, 1.165) is 47.9 Å². The molecule has 2 aromatic heterocycles. The Balaban J connectivity index is 1.30. The summed E-state index contributed by atoms with van der Waals surface area (Å²) in [7, 11) is 0. The first-order valence-corrected chi connectivity index (χ1v) is 12.4. The summed E-state index contributed by atoms with van der Waals surface area (Å²) in [5.41, 5.74) is 0.999. The monoisotopic (exact) mass is 489 g/mol. The Morgan fingerprint density at radius 1 is 1.06 bits per heavy atom. The maximum Gasteiger partial charge on any atom is 0.416 e. The molecule has 2 amide bonds. The molecule has 3 heterocycles. The van der Waals surface area contributed by atoms with E-state index >= 15 is 0 Å². The number of amides is 2. The first-order valence-electron chi connectivity index (χ1n) is 11.6. The van der Waals surface area contributed by atoms with Gasteiger partial charge in [0.2, 0.25) is 0 Å². The van der Waals surface area contributed by atoms with E-state index in [4.69, 9.17) is 9.97 Å². The number of fused-ring (bicyclic) bond motifs is 3. The molecule has 34 heavy (non-hydrogen) atoms. The first kappa shape index (κ1) is 22.9. The number of piperazine rings is 1. The summed E-state index contributed by atoms with van der Waals surface area (Å²) in [6.07, 6.45) is 0.940. The number of aryl methyl sites for hydroxylation is 3. The summed E-state index contributed by atoms with van der Waals surface area (Å²) in [6, 6.07) is 4.19. The van der Waals surface area contributed by atoms with Gasteiger partial charge < -0.3 is 15.1 Å². The topological polar surface area (TPSA) is 61.4 Å². The van der Waals surface area contributed by atoms with Crippen LogP contribution in [0.5, 0.6) is 0 Å². The molecule has 3 aromatic rings. The van der Waals surface area contributed by atoms with Crippen molar-refractivity contribution >= 4 is 39.1 Å². The van der Waals surface area contributed by atoms with Crippen LogP contribution in [0.4, 0.5) is 29.5 Å². The Kier molecular flexibility index (Phi) is 6.09. The van der Waals surface area contributed by atoms with Crippen molar-refractivity contribution in [1.82, 2.24) is 14.9 Å². The quantitative estimate of drug-likeness (QED) is 0.527. The first-order chi connectivity index (χ1) is 16.3. The van der Waals surface area contributed by atoms with E-state index in [1.807, 2.05) is 0 Å². The standard InChI is InChI=1S/C24H26F3N5OS/c1-2-19-29-21(20-17-5-3-4-6-18(17)34-22(20)30-19)31-11-13-32(14-12-31)23(33)28-16-9-7-15(8-10-16)24(25,26)27/h7-10H,2-6,11-14H2,1H3,(H,28,33). The van der Waals surface area contributed by atoms with Gasteiger partial charge in [0.15, 0.2) is 0 Å². The van der Waals surface area contributed by atoms with Crippen LogP contribution < -0.4 is 10.2 Å². The fourth-order valence-electron chi connectivity index (χ4n) is 4.63. The van der Waals surface area contributed by atoms with Crippen LogP contribution in [0.2, 0.25) is 0 Å². The number of alkyl halides is 3. The number of carbonyl (C=O) groups excluding carboxylic acids is 1. The summed E-state index contributed by atoms with van der Waals surface area (Å²) < 4.78 is 38.3. The molecule has 0 saturated carbocycles. The number of nitrogens with zero attached hydrogens (tertiary/aromatic N) is 4. The van der Waals surface area contributed by atoms with Crippen molar-refractivity contribution in [3.8, 4) is 0 Å². The van der Waals surface area contributed by atoms with Crippen LogP contribution in [0, 0.1) is 0 Å². The number of rotatable bonds is 3. The number of hydrogen-bond acceptors (Lipinski definition) is 5. The van der Waals surface area contributed by atoms with Gasteiger partial charge in [0.05, 0.1) is 10.9 Å². The molecule has 1 N–H and O–H groups in total. The minimum atomic E-state index is -4.40. The highest BCUT2D eigenvalue weighted by Gasteiger charge is 2.30. The predicted molar refractivity (Wildman–Crippen MR) is 128 cm³/mol. The average Bonchev–Trinajstić information content (AvgIpc) is 3.22. The molecule has 0 unspecified atom stereocenters. The van der Waals surface area contributed by atoms with Crippen LogP contribution in [-0.2, 0) is 25.4 Å². The lowest BCUT2D eigenvalue weighted by molar-refractivity contribution is -0.137. The highest BCUT2D eigenvalue weighted by Crippen LogP contribution is 2.40. The largest absolute Gasteiger partial charge is 0.416 e. The van der Waals surface area contributed by atoms with Crippen LogP contribution in [0.1, 0.15) is 41.6 Å². The molecule has 5 rings (SSSR count). The van der Waals surface area contributed by atoms with E-state index in [9.17, 15) is 18.0 Å². The van der Waals surface area contributed by atoms with Gasteiger partial charge in [0, 0.05) is 43.2 Å². The van der Waals surface area contributed by atoms with Gasteiger partial charge in [-0.05, 0) is 55.5 Å². The second kappa shape index (κ2) is 9.05. The molecule has 0 bridgehead atoms. The van der Waals surface area contributed by atoms with Crippen molar-refractivity contribution < 1.29 is 18.0 Å². The van der Waals surface area contributed by atoms with Gasteiger partial charge in [-0.15, -0.1) is 11.3 Å². The molecule has 6 nitrogen and oxygen atoms in total. The summed E-state index contributed by atoms with van der Waals surface area (Å²) in [4.78, 5) is 28.8. The molecule has 1 saturated heterocycles. The van der Waals surface area contributed by atoms with Crippen molar-refractivity contribution in [2.24, 2.45) is 0 Å². The van der Waals surface area contributed by atoms with Crippen LogP contribution in [0.3, 0.4) is 0 Å². The van der Waals surface area contributed by atoms with E-state index in [1.54, 1.807) is 16.2 Å². The zero-order chi connectivity index (χ0) is 23.9. The van der Waals surface area contributed by atoms with Crippen molar-refractivity contribution in [3.05, 3.63) is 46.1 Å². The Labute approximate surface area is 199 Å². The summed E-state index contributed by atoms with van der Waals surface area (Å²) in [5, 5.41) is 3.89. The number of carbonyl (C=O) groups is 1. The van der Waals surface area contributed by atoms with Gasteiger partial charge in [-0.25, -0.2) is 14.8 Å². The number of aromatic nitrogens is 2. The maximum absolute atomic E-state index is 12.8. The predicted octanol–water partition coefficient (Wildman–Crippen LogP) is 5.51. The van der Waals surface area contributed by atoms with E-state index < -0.39 is 11.7 Å². The smallest absolute Gasteiger partial charge is 0.352 e. The van der Waals surface area contributed by atoms with Gasteiger partial charge in [0.25, 0.3) is 0 Å². The van der Waals surface area contributed by atoms with Gasteiger partial charge in [-0.2, -0.15) is 13.2 Å². The minimum Gasteiger partial charge on any atom is -0.352 e. The second-order valence-corrected chi connectivity index (χ2v) is 9.77. The zero-order valence-electron chi connectivity index (χ0n) is 18.9. The third-order valence-corrected chi connectivity index (χ3v) is 7.67. The van der Waals surface area contributed by atoms with Gasteiger partial charge in [0.1, 0.15) is 16.5 Å². The lowest BCUT2D eigenvalue weighted by Crippen LogP contribution is -2.50. The van der Waals surface area contributed by atoms with Gasteiger partial charge in [-0.3, -0.25) is 0 Å². The van der Waals surface area contributed by atoms with Crippen molar-refractivity contribution in [1.29, 1.82) is 0 Å². The molecule has 0 atom stereocenters. The third-order valence-electron chi connectivity index (χ3n) is 6.49. The van der Waals surface area contributed by atoms with E-state index in [-0.39, 0.29) is 6.03 Å². The third kappa shape index (κ3) is 4.43. The molecule has 180 valence electrons. The van der Waals surface area contributed by atoms with Crippen molar-refractivity contribution in [2.75, 3.05) is 36.4 Å². The molecule has 1 fully saturated rings. The second-order valence-electron chi connectivity index (χ2n) is 8.69. The number of hydrogen-bond donors (Lipinski definition) is 1. The van der Waals surface area contributed by atoms with E-state index in [2.05, 4.69) is 17.1 Å². The van der Waals surface area contributed by atoms with E-state index in [1.165, 1.54) is 40.8 Å². The van der Waals surface area contributed by atoms with E-state index in [0.29, 0.717) is 31.9 Å². The molecule has 0 spiro atoms. The SMILES string of the molecule is CCc1nc(N2CCN(C(=O)Nc3ccc(C(F)(F)F)cc3)CC2)c2c3c(sc2n1)CCCC3. The summed E-state index contributed by atoms with van der Waals surface area (Å²) in [6.45, 7) is 4.35. The average molecular weight is 490 g/mol. The van der Waals surface area contributed by atoms with Crippen LogP contribution in [0.25, 0.3) is 10.2 Å². The van der Waals surface area contributed by atoms with Crippen LogP contribution >= 0.6 is 11.3 Å². The molecule has 2 aliphatic rings. The normalized spacial score (nSPS) is 16.6. The van der Waals surface area contributed by atoms with Gasteiger partial charge >= 0.3 is 12.2 Å². The highest BCUT2D eigenvalue weighted by atomic mass is 32.1. The van der Waals surface area contributed by atoms with Gasteiger partial charge in [-0.1, -0.05) is 6.92 Å². The number of urea groups is 1. The number of benzene rings is 1. The van der Waals surface area contributed by atoms with Crippen LogP contribution in [-0.4, -0.2) is 47.1 Å². The maximum atomic E-state index is 12.8. The summed E-state index contributed by atoms with van der Waals surface area (Å²) in [5.74, 6) is 1.81. The molecule has 10 heteroatoms. The Hall–Kier alpha value is -2.88. The van der Waals surface area contributed by atoms with Crippen molar-refractivity contribution in [3.63, 3.8) is 0 Å². The molecule has 1 aliphatic heterocycles. The van der Waals surface area contributed by atoms with Crippen LogP contribution in [0.15, 0.2) is 24.3 Å². The molecule has 0 radical (unpaired) electrons. The molecule has 1 aliphatic carbocycles. The molecule has 1 aromatic carbocycles. The lowest BCUT2D eigenvalue weighted by Gasteiger charge is -2.36. The lowest BCUT2D eigenvalue weighted by atomic mass is 9.97. The number of nitrogens with one attached hydrogen (secondary N) is 1. The Morgan fingerprint density at radius 3 is 2.44 bits per heavy atom.